The molecule has 1 fully saturated rings. The van der Waals surface area contributed by atoms with Gasteiger partial charge in [-0.2, -0.15) is 5.26 Å². The lowest BCUT2D eigenvalue weighted by atomic mass is 9.75. The zero-order valence-electron chi connectivity index (χ0n) is 12.1. The summed E-state index contributed by atoms with van der Waals surface area (Å²) >= 11 is 5.93. The number of hydrogen-bond donors (Lipinski definition) is 1. The first kappa shape index (κ1) is 14.2. The van der Waals surface area contributed by atoms with Gasteiger partial charge in [-0.1, -0.05) is 23.7 Å². The third-order valence-corrected chi connectivity index (χ3v) is 4.70. The van der Waals surface area contributed by atoms with Crippen LogP contribution >= 0.6 is 11.6 Å². The number of benzene rings is 1. The van der Waals surface area contributed by atoms with Crippen LogP contribution in [0.1, 0.15) is 18.4 Å². The van der Waals surface area contributed by atoms with Gasteiger partial charge in [0.25, 0.3) is 0 Å². The van der Waals surface area contributed by atoms with Crippen molar-refractivity contribution in [3.8, 4) is 17.3 Å². The first-order valence-electron chi connectivity index (χ1n) is 7.18. The molecule has 3 rings (SSSR count). The summed E-state index contributed by atoms with van der Waals surface area (Å²) in [6.45, 7) is 1.93. The minimum Gasteiger partial charge on any atom is -0.361 e. The molecule has 1 saturated heterocycles. The Morgan fingerprint density at radius 1 is 1.24 bits per heavy atom. The molecule has 0 amide bonds. The highest BCUT2D eigenvalue weighted by Gasteiger charge is 2.36. The van der Waals surface area contributed by atoms with Gasteiger partial charge in [0.15, 0.2) is 0 Å². The van der Waals surface area contributed by atoms with Gasteiger partial charge in [-0.05, 0) is 62.3 Å². The second-order valence-electron chi connectivity index (χ2n) is 5.81. The highest BCUT2D eigenvalue weighted by atomic mass is 35.5. The highest BCUT2D eigenvalue weighted by Crippen LogP contribution is 2.36. The number of nitrogens with one attached hydrogen (secondary N) is 1. The van der Waals surface area contributed by atoms with Gasteiger partial charge in [-0.15, -0.1) is 0 Å². The monoisotopic (exact) mass is 299 g/mol. The number of aromatic amines is 1. The summed E-state index contributed by atoms with van der Waals surface area (Å²) in [6.07, 6.45) is 3.76. The van der Waals surface area contributed by atoms with Crippen LogP contribution in [-0.2, 0) is 5.41 Å². The van der Waals surface area contributed by atoms with Crippen molar-refractivity contribution < 1.29 is 0 Å². The Morgan fingerprint density at radius 2 is 1.90 bits per heavy atom. The number of likely N-dealkylation sites (tertiary alicyclic amines) is 1. The van der Waals surface area contributed by atoms with Gasteiger partial charge in [0.2, 0.25) is 0 Å². The lowest BCUT2D eigenvalue weighted by Crippen LogP contribution is -2.39. The standard InChI is InChI=1S/C17H18ClN3/c1-21-8-6-17(12-19,7-9-21)14-10-16(20-11-14)13-2-4-15(18)5-3-13/h2-5,10-11,20H,6-9H2,1H3. The molecular weight excluding hydrogens is 282 g/mol. The number of rotatable bonds is 2. The van der Waals surface area contributed by atoms with Crippen molar-refractivity contribution in [1.82, 2.24) is 9.88 Å². The number of H-pyrrole nitrogens is 1. The Bertz CT molecular complexity index is 658. The van der Waals surface area contributed by atoms with Crippen LogP contribution < -0.4 is 0 Å². The maximum atomic E-state index is 9.70. The molecule has 0 unspecified atom stereocenters. The van der Waals surface area contributed by atoms with Crippen molar-refractivity contribution in [3.63, 3.8) is 0 Å². The molecule has 0 bridgehead atoms. The van der Waals surface area contributed by atoms with Gasteiger partial charge in [0.05, 0.1) is 11.5 Å². The number of hydrogen-bond acceptors (Lipinski definition) is 2. The van der Waals surface area contributed by atoms with Crippen molar-refractivity contribution >= 4 is 11.6 Å². The number of aromatic nitrogens is 1. The normalized spacial score (nSPS) is 18.3. The number of nitrogens with zero attached hydrogens (tertiary/aromatic N) is 2. The van der Waals surface area contributed by atoms with Crippen LogP contribution in [0.25, 0.3) is 11.3 Å². The Labute approximate surface area is 130 Å². The quantitative estimate of drug-likeness (QED) is 0.916. The van der Waals surface area contributed by atoms with Gasteiger partial charge in [-0.25, -0.2) is 0 Å². The molecule has 2 heterocycles. The minimum atomic E-state index is -0.353. The van der Waals surface area contributed by atoms with Gasteiger partial charge >= 0.3 is 0 Å². The summed E-state index contributed by atoms with van der Waals surface area (Å²) in [4.78, 5) is 5.58. The third-order valence-electron chi connectivity index (χ3n) is 4.45. The van der Waals surface area contributed by atoms with E-state index in [1.54, 1.807) is 0 Å². The molecule has 1 aliphatic rings. The zero-order chi connectivity index (χ0) is 14.9. The summed E-state index contributed by atoms with van der Waals surface area (Å²) < 4.78 is 0. The SMILES string of the molecule is CN1CCC(C#N)(c2c[nH]c(-c3ccc(Cl)cc3)c2)CC1. The van der Waals surface area contributed by atoms with Gasteiger partial charge < -0.3 is 9.88 Å². The average molecular weight is 300 g/mol. The van der Waals surface area contributed by atoms with E-state index in [2.05, 4.69) is 29.1 Å². The predicted molar refractivity (Wildman–Crippen MR) is 85.3 cm³/mol. The van der Waals surface area contributed by atoms with E-state index in [1.807, 2.05) is 30.5 Å². The fourth-order valence-electron chi connectivity index (χ4n) is 2.93. The van der Waals surface area contributed by atoms with Gasteiger partial charge in [0, 0.05) is 16.9 Å². The van der Waals surface area contributed by atoms with E-state index in [1.165, 1.54) is 0 Å². The molecule has 1 N–H and O–H groups in total. The van der Waals surface area contributed by atoms with E-state index < -0.39 is 0 Å². The average Bonchev–Trinajstić information content (AvgIpc) is 3.00. The summed E-state index contributed by atoms with van der Waals surface area (Å²) in [5, 5.41) is 10.4. The fourth-order valence-corrected chi connectivity index (χ4v) is 3.06. The Kier molecular flexibility index (Phi) is 3.75. The smallest absolute Gasteiger partial charge is 0.0861 e. The first-order valence-corrected chi connectivity index (χ1v) is 7.55. The molecule has 21 heavy (non-hydrogen) atoms. The molecule has 0 aliphatic carbocycles. The highest BCUT2D eigenvalue weighted by molar-refractivity contribution is 6.30. The largest absolute Gasteiger partial charge is 0.361 e. The van der Waals surface area contributed by atoms with E-state index in [-0.39, 0.29) is 5.41 Å². The number of piperidine rings is 1. The molecule has 0 spiro atoms. The van der Waals surface area contributed by atoms with Crippen LogP contribution in [0.2, 0.25) is 5.02 Å². The molecule has 4 heteroatoms. The van der Waals surface area contributed by atoms with Crippen LogP contribution in [0.5, 0.6) is 0 Å². The Hall–Kier alpha value is -1.76. The van der Waals surface area contributed by atoms with E-state index in [4.69, 9.17) is 11.6 Å². The van der Waals surface area contributed by atoms with E-state index in [0.29, 0.717) is 0 Å². The maximum Gasteiger partial charge on any atom is 0.0861 e. The van der Waals surface area contributed by atoms with Crippen molar-refractivity contribution in [2.45, 2.75) is 18.3 Å². The minimum absolute atomic E-state index is 0.353. The van der Waals surface area contributed by atoms with Crippen molar-refractivity contribution in [2.75, 3.05) is 20.1 Å². The van der Waals surface area contributed by atoms with Crippen LogP contribution in [0.4, 0.5) is 0 Å². The van der Waals surface area contributed by atoms with Crippen LogP contribution in [-0.4, -0.2) is 30.0 Å². The van der Waals surface area contributed by atoms with Crippen molar-refractivity contribution in [1.29, 1.82) is 5.26 Å². The second kappa shape index (κ2) is 5.55. The molecule has 0 atom stereocenters. The summed E-state index contributed by atoms with van der Waals surface area (Å²) in [6, 6.07) is 12.4. The van der Waals surface area contributed by atoms with Crippen molar-refractivity contribution in [2.24, 2.45) is 0 Å². The van der Waals surface area contributed by atoms with Crippen LogP contribution in [0.15, 0.2) is 36.5 Å². The number of nitriles is 1. The molecule has 2 aromatic rings. The molecule has 108 valence electrons. The number of halogens is 1. The van der Waals surface area contributed by atoms with E-state index >= 15 is 0 Å². The second-order valence-corrected chi connectivity index (χ2v) is 6.24. The molecule has 0 radical (unpaired) electrons. The van der Waals surface area contributed by atoms with Crippen LogP contribution in [0, 0.1) is 11.3 Å². The molecule has 1 aromatic carbocycles. The van der Waals surface area contributed by atoms with E-state index in [0.717, 1.165) is 47.8 Å². The summed E-state index contributed by atoms with van der Waals surface area (Å²) in [5.41, 5.74) is 2.87. The third kappa shape index (κ3) is 2.70. The molecular formula is C17H18ClN3. The van der Waals surface area contributed by atoms with Gasteiger partial charge in [-0.3, -0.25) is 0 Å². The van der Waals surface area contributed by atoms with Crippen LogP contribution in [0.3, 0.4) is 0 Å². The van der Waals surface area contributed by atoms with Crippen molar-refractivity contribution in [3.05, 3.63) is 47.1 Å². The maximum absolute atomic E-state index is 9.70. The topological polar surface area (TPSA) is 42.8 Å². The van der Waals surface area contributed by atoms with Gasteiger partial charge in [0.1, 0.15) is 0 Å². The summed E-state index contributed by atoms with van der Waals surface area (Å²) in [5.74, 6) is 0. The predicted octanol–water partition coefficient (Wildman–Crippen LogP) is 3.82. The zero-order valence-corrected chi connectivity index (χ0v) is 12.8. The lowest BCUT2D eigenvalue weighted by molar-refractivity contribution is 0.222. The Morgan fingerprint density at radius 3 is 2.52 bits per heavy atom. The lowest BCUT2D eigenvalue weighted by Gasteiger charge is -2.35. The molecule has 1 aliphatic heterocycles. The molecule has 1 aromatic heterocycles. The molecule has 3 nitrogen and oxygen atoms in total. The van der Waals surface area contributed by atoms with E-state index in [9.17, 15) is 5.26 Å². The Balaban J connectivity index is 1.90. The first-order chi connectivity index (χ1) is 10.1. The molecule has 0 saturated carbocycles. The fraction of sp³-hybridized carbons (Fsp3) is 0.353. The summed E-state index contributed by atoms with van der Waals surface area (Å²) in [7, 11) is 2.11.